The molecular weight excluding hydrogens is 332 g/mol. The monoisotopic (exact) mass is 343 g/mol. The molecule has 0 atom stereocenters. The number of carboxylic acids is 1. The number of nitrogens with zero attached hydrogens (tertiary/aromatic N) is 1. The van der Waals surface area contributed by atoms with Crippen molar-refractivity contribution in [3.8, 4) is 0 Å². The molecule has 1 heterocycles. The van der Waals surface area contributed by atoms with E-state index in [0.717, 1.165) is 23.9 Å². The van der Waals surface area contributed by atoms with Gasteiger partial charge in [0.25, 0.3) is 5.91 Å². The summed E-state index contributed by atoms with van der Waals surface area (Å²) in [5.74, 6) is -3.25. The molecule has 1 aromatic rings. The van der Waals surface area contributed by atoms with Crippen LogP contribution in [-0.4, -0.2) is 32.7 Å². The number of halogens is 2. The number of hydrogen-bond acceptors (Lipinski definition) is 4. The van der Waals surface area contributed by atoms with Crippen molar-refractivity contribution in [3.05, 3.63) is 40.3 Å². The number of aliphatic carboxylic acids is 1. The van der Waals surface area contributed by atoms with Crippen molar-refractivity contribution in [2.45, 2.75) is 12.8 Å². The molecule has 0 bridgehead atoms. The first-order valence-electron chi connectivity index (χ1n) is 6.30. The van der Waals surface area contributed by atoms with Crippen molar-refractivity contribution >= 4 is 46.3 Å². The smallest absolute Gasteiger partial charge is 0.303 e. The van der Waals surface area contributed by atoms with E-state index in [9.17, 15) is 18.4 Å². The zero-order valence-corrected chi connectivity index (χ0v) is 12.8. The number of rotatable bonds is 5. The third kappa shape index (κ3) is 3.89. The normalized spacial score (nSPS) is 16.6. The van der Waals surface area contributed by atoms with Crippen LogP contribution in [0.5, 0.6) is 0 Å². The fraction of sp³-hybridized carbons (Fsp3) is 0.214. The average molecular weight is 343 g/mol. The molecule has 1 fully saturated rings. The number of hydrogen-bond donors (Lipinski definition) is 1. The molecule has 0 spiro atoms. The van der Waals surface area contributed by atoms with E-state index in [2.05, 4.69) is 0 Å². The van der Waals surface area contributed by atoms with Crippen LogP contribution in [0.25, 0.3) is 6.08 Å². The van der Waals surface area contributed by atoms with Gasteiger partial charge in [0.15, 0.2) is 11.6 Å². The fourth-order valence-electron chi connectivity index (χ4n) is 1.83. The second-order valence-corrected chi connectivity index (χ2v) is 6.18. The Morgan fingerprint density at radius 2 is 2.09 bits per heavy atom. The molecule has 1 amide bonds. The quantitative estimate of drug-likeness (QED) is 0.658. The van der Waals surface area contributed by atoms with Gasteiger partial charge < -0.3 is 5.11 Å². The van der Waals surface area contributed by atoms with Gasteiger partial charge in [-0.05, 0) is 30.2 Å². The third-order valence-electron chi connectivity index (χ3n) is 2.89. The topological polar surface area (TPSA) is 57.6 Å². The molecule has 1 saturated heterocycles. The van der Waals surface area contributed by atoms with Crippen LogP contribution >= 0.6 is 24.0 Å². The molecule has 1 aliphatic heterocycles. The molecule has 0 saturated carbocycles. The summed E-state index contributed by atoms with van der Waals surface area (Å²) in [5.41, 5.74) is 0.352. The van der Waals surface area contributed by atoms with E-state index in [0.29, 0.717) is 21.2 Å². The Morgan fingerprint density at radius 3 is 2.73 bits per heavy atom. The lowest BCUT2D eigenvalue weighted by molar-refractivity contribution is -0.137. The zero-order chi connectivity index (χ0) is 16.3. The van der Waals surface area contributed by atoms with Crippen LogP contribution in [0.15, 0.2) is 23.1 Å². The fourth-order valence-corrected chi connectivity index (χ4v) is 3.14. The maximum absolute atomic E-state index is 13.2. The predicted molar refractivity (Wildman–Crippen MR) is 83.1 cm³/mol. The molecule has 0 aliphatic carbocycles. The minimum absolute atomic E-state index is 0.0563. The van der Waals surface area contributed by atoms with E-state index in [1.165, 1.54) is 17.0 Å². The third-order valence-corrected chi connectivity index (χ3v) is 4.27. The zero-order valence-electron chi connectivity index (χ0n) is 11.2. The minimum Gasteiger partial charge on any atom is -0.481 e. The summed E-state index contributed by atoms with van der Waals surface area (Å²) in [4.78, 5) is 24.3. The van der Waals surface area contributed by atoms with E-state index in [4.69, 9.17) is 17.3 Å². The highest BCUT2D eigenvalue weighted by atomic mass is 32.2. The molecule has 1 aromatic carbocycles. The molecule has 1 aliphatic rings. The van der Waals surface area contributed by atoms with Crippen LogP contribution in [0, 0.1) is 11.6 Å². The van der Waals surface area contributed by atoms with E-state index in [1.54, 1.807) is 0 Å². The highest BCUT2D eigenvalue weighted by Crippen LogP contribution is 2.32. The number of carboxylic acid groups (broad SMARTS) is 1. The van der Waals surface area contributed by atoms with Gasteiger partial charge in [-0.25, -0.2) is 8.78 Å². The average Bonchev–Trinajstić information content (AvgIpc) is 2.70. The molecule has 8 heteroatoms. The van der Waals surface area contributed by atoms with Crippen LogP contribution < -0.4 is 0 Å². The van der Waals surface area contributed by atoms with Crippen molar-refractivity contribution < 1.29 is 23.5 Å². The van der Waals surface area contributed by atoms with Gasteiger partial charge in [0.05, 0.1) is 4.91 Å². The Balaban J connectivity index is 2.11. The first-order chi connectivity index (χ1) is 10.4. The van der Waals surface area contributed by atoms with Gasteiger partial charge in [0.2, 0.25) is 0 Å². The van der Waals surface area contributed by atoms with Crippen molar-refractivity contribution in [2.75, 3.05) is 6.54 Å². The second-order valence-electron chi connectivity index (χ2n) is 4.50. The molecule has 2 rings (SSSR count). The molecule has 116 valence electrons. The van der Waals surface area contributed by atoms with E-state index >= 15 is 0 Å². The van der Waals surface area contributed by atoms with Crippen molar-refractivity contribution in [1.82, 2.24) is 4.90 Å². The Bertz CT molecular complexity index is 676. The highest BCUT2D eigenvalue weighted by Gasteiger charge is 2.31. The van der Waals surface area contributed by atoms with Crippen LogP contribution in [0.2, 0.25) is 0 Å². The highest BCUT2D eigenvalue weighted by molar-refractivity contribution is 8.26. The SMILES string of the molecule is O=C(O)CCCN1C(=O)/C(=C/c2ccc(F)c(F)c2)SC1=S. The Kier molecular flexibility index (Phi) is 5.25. The first kappa shape index (κ1) is 16.6. The largest absolute Gasteiger partial charge is 0.481 e. The van der Waals surface area contributed by atoms with Crippen LogP contribution in [-0.2, 0) is 9.59 Å². The number of thioether (sulfide) groups is 1. The van der Waals surface area contributed by atoms with E-state index in [1.807, 2.05) is 0 Å². The molecule has 0 aromatic heterocycles. The number of carbonyl (C=O) groups excluding carboxylic acids is 1. The summed E-state index contributed by atoms with van der Waals surface area (Å²) in [7, 11) is 0. The number of carbonyl (C=O) groups is 2. The summed E-state index contributed by atoms with van der Waals surface area (Å²) < 4.78 is 26.4. The number of amides is 1. The Hall–Kier alpha value is -1.80. The summed E-state index contributed by atoms with van der Waals surface area (Å²) in [5, 5.41) is 8.60. The Labute approximate surface area is 134 Å². The van der Waals surface area contributed by atoms with Gasteiger partial charge in [-0.2, -0.15) is 0 Å². The van der Waals surface area contributed by atoms with Gasteiger partial charge in [0, 0.05) is 13.0 Å². The lowest BCUT2D eigenvalue weighted by atomic mass is 10.2. The molecule has 22 heavy (non-hydrogen) atoms. The first-order valence-corrected chi connectivity index (χ1v) is 7.53. The van der Waals surface area contributed by atoms with Gasteiger partial charge in [-0.15, -0.1) is 0 Å². The standard InChI is InChI=1S/C14H11F2NO3S2/c15-9-4-3-8(6-10(9)16)7-11-13(20)17(14(21)22-11)5-1-2-12(18)19/h3-4,6-7H,1-2,5H2,(H,18,19)/b11-7-. The van der Waals surface area contributed by atoms with E-state index in [-0.39, 0.29) is 18.9 Å². The number of benzene rings is 1. The van der Waals surface area contributed by atoms with Crippen molar-refractivity contribution in [3.63, 3.8) is 0 Å². The summed E-state index contributed by atoms with van der Waals surface area (Å²) in [6.45, 7) is 0.214. The summed E-state index contributed by atoms with van der Waals surface area (Å²) in [6, 6.07) is 3.33. The lowest BCUT2D eigenvalue weighted by Crippen LogP contribution is -2.29. The minimum atomic E-state index is -0.995. The van der Waals surface area contributed by atoms with Crippen LogP contribution in [0.3, 0.4) is 0 Å². The second kappa shape index (κ2) is 6.97. The van der Waals surface area contributed by atoms with Crippen LogP contribution in [0.4, 0.5) is 8.78 Å². The molecule has 0 radical (unpaired) electrons. The van der Waals surface area contributed by atoms with Gasteiger partial charge >= 0.3 is 5.97 Å². The Morgan fingerprint density at radius 1 is 1.36 bits per heavy atom. The lowest BCUT2D eigenvalue weighted by Gasteiger charge is -2.13. The molecule has 4 nitrogen and oxygen atoms in total. The maximum atomic E-state index is 13.2. The maximum Gasteiger partial charge on any atom is 0.303 e. The molecular formula is C14H11F2NO3S2. The summed E-state index contributed by atoms with van der Waals surface area (Å²) in [6.07, 6.45) is 1.67. The van der Waals surface area contributed by atoms with Gasteiger partial charge in [-0.3, -0.25) is 14.5 Å². The van der Waals surface area contributed by atoms with Crippen molar-refractivity contribution in [2.24, 2.45) is 0 Å². The van der Waals surface area contributed by atoms with Gasteiger partial charge in [-0.1, -0.05) is 30.0 Å². The number of thiocarbonyl (C=S) groups is 1. The molecule has 1 N–H and O–H groups in total. The molecule has 0 unspecified atom stereocenters. The predicted octanol–water partition coefficient (Wildman–Crippen LogP) is 3.03. The van der Waals surface area contributed by atoms with Crippen LogP contribution in [0.1, 0.15) is 18.4 Å². The summed E-state index contributed by atoms with van der Waals surface area (Å²) >= 11 is 6.13. The van der Waals surface area contributed by atoms with Gasteiger partial charge in [0.1, 0.15) is 4.32 Å². The van der Waals surface area contributed by atoms with Crippen molar-refractivity contribution in [1.29, 1.82) is 0 Å². The van der Waals surface area contributed by atoms with E-state index < -0.39 is 17.6 Å².